The molecule has 1 aliphatic rings. The van der Waals surface area contributed by atoms with Crippen LogP contribution in [0.5, 0.6) is 0 Å². The van der Waals surface area contributed by atoms with Crippen LogP contribution in [0.25, 0.3) is 0 Å². The first-order valence-corrected chi connectivity index (χ1v) is 32.3. The lowest BCUT2D eigenvalue weighted by molar-refractivity contribution is -0.301. The first-order chi connectivity index (χ1) is 38.6. The van der Waals surface area contributed by atoms with Gasteiger partial charge in [-0.1, -0.05) is 287 Å². The van der Waals surface area contributed by atoms with E-state index in [1.165, 1.54) is 161 Å². The van der Waals surface area contributed by atoms with Crippen LogP contribution in [-0.4, -0.2) is 89.2 Å². The van der Waals surface area contributed by atoms with Crippen LogP contribution in [0.1, 0.15) is 290 Å². The van der Waals surface area contributed by atoms with Gasteiger partial charge in [0.15, 0.2) is 24.6 Å². The molecule has 1 rings (SSSR count). The van der Waals surface area contributed by atoms with E-state index in [4.69, 9.17) is 23.7 Å². The first kappa shape index (κ1) is 73.4. The van der Waals surface area contributed by atoms with Crippen LogP contribution >= 0.6 is 0 Å². The smallest absolute Gasteiger partial charge is 0.335 e. The summed E-state index contributed by atoms with van der Waals surface area (Å²) in [5, 5.41) is 31.5. The van der Waals surface area contributed by atoms with Gasteiger partial charge in [0, 0.05) is 12.8 Å². The third-order valence-corrected chi connectivity index (χ3v) is 14.6. The molecular formula is C67H116O12. The maximum Gasteiger partial charge on any atom is 0.335 e. The third kappa shape index (κ3) is 44.7. The molecule has 12 nitrogen and oxygen atoms in total. The second-order valence-electron chi connectivity index (χ2n) is 22.1. The van der Waals surface area contributed by atoms with Crippen LogP contribution in [0.4, 0.5) is 0 Å². The van der Waals surface area contributed by atoms with Crippen molar-refractivity contribution in [3.8, 4) is 0 Å². The number of carbonyl (C=O) groups is 4. The minimum Gasteiger partial charge on any atom is -0.479 e. The number of aliphatic hydroxyl groups is 2. The third-order valence-electron chi connectivity index (χ3n) is 14.6. The molecule has 6 atom stereocenters. The van der Waals surface area contributed by atoms with E-state index < -0.39 is 67.3 Å². The quantitative estimate of drug-likeness (QED) is 0.0228. The van der Waals surface area contributed by atoms with Gasteiger partial charge in [-0.25, -0.2) is 4.79 Å². The van der Waals surface area contributed by atoms with Gasteiger partial charge in [-0.2, -0.15) is 0 Å². The predicted molar refractivity (Wildman–Crippen MR) is 322 cm³/mol. The van der Waals surface area contributed by atoms with E-state index in [0.29, 0.717) is 19.3 Å². The normalized spacial score (nSPS) is 18.2. The average Bonchev–Trinajstić information content (AvgIpc) is 3.46. The number of carboxylic acid groups (broad SMARTS) is 1. The Morgan fingerprint density at radius 1 is 0.430 bits per heavy atom. The molecule has 1 aliphatic heterocycles. The van der Waals surface area contributed by atoms with Crippen molar-refractivity contribution in [1.82, 2.24) is 0 Å². The minimum atomic E-state index is -1.91. The predicted octanol–water partition coefficient (Wildman–Crippen LogP) is 17.1. The van der Waals surface area contributed by atoms with E-state index in [1.807, 2.05) is 12.2 Å². The van der Waals surface area contributed by atoms with Gasteiger partial charge in [0.25, 0.3) is 0 Å². The van der Waals surface area contributed by atoms with Crippen LogP contribution in [0.2, 0.25) is 0 Å². The van der Waals surface area contributed by atoms with E-state index in [2.05, 4.69) is 63.3 Å². The van der Waals surface area contributed by atoms with Gasteiger partial charge in [0.2, 0.25) is 0 Å². The van der Waals surface area contributed by atoms with Crippen molar-refractivity contribution in [3.05, 3.63) is 60.8 Å². The van der Waals surface area contributed by atoms with E-state index >= 15 is 0 Å². The molecule has 0 aliphatic carbocycles. The first-order valence-electron chi connectivity index (χ1n) is 32.3. The van der Waals surface area contributed by atoms with Gasteiger partial charge in [-0.05, 0) is 44.9 Å². The zero-order chi connectivity index (χ0) is 57.5. The fourth-order valence-electron chi connectivity index (χ4n) is 9.74. The molecule has 79 heavy (non-hydrogen) atoms. The van der Waals surface area contributed by atoms with Gasteiger partial charge in [0.05, 0.1) is 13.0 Å². The number of hydrogen-bond donors (Lipinski definition) is 3. The summed E-state index contributed by atoms with van der Waals surface area (Å²) in [7, 11) is 0. The molecule has 6 unspecified atom stereocenters. The molecule has 0 aromatic carbocycles. The molecule has 3 N–H and O–H groups in total. The number of ether oxygens (including phenoxy) is 5. The zero-order valence-electron chi connectivity index (χ0n) is 50.4. The van der Waals surface area contributed by atoms with Crippen molar-refractivity contribution in [2.75, 3.05) is 13.2 Å². The average molecular weight is 1110 g/mol. The topological polar surface area (TPSA) is 175 Å². The Morgan fingerprint density at radius 2 is 0.785 bits per heavy atom. The highest BCUT2D eigenvalue weighted by Gasteiger charge is 2.50. The summed E-state index contributed by atoms with van der Waals surface area (Å²) >= 11 is 0. The number of aliphatic hydroxyl groups excluding tert-OH is 2. The second kappa shape index (κ2) is 55.0. The molecule has 0 bridgehead atoms. The Morgan fingerprint density at radius 3 is 1.16 bits per heavy atom. The molecule has 1 heterocycles. The SMILES string of the molecule is CC/C=C\C/C=C\C/C=C\C/C=C\C/C=C\CC(=O)OC(COC(=O)CCCCCCCCCCCCCCCCCCCCC)COC1OC(C(=O)O)C(O)C(O)C1OC(=O)CCCCCCCCCCCCCCCCC. The Balaban J connectivity index is 2.68. The Labute approximate surface area is 481 Å². The number of hydrogen-bond acceptors (Lipinski definition) is 11. The maximum atomic E-state index is 13.1. The summed E-state index contributed by atoms with van der Waals surface area (Å²) in [6, 6.07) is 0. The summed E-state index contributed by atoms with van der Waals surface area (Å²) in [4.78, 5) is 51.2. The van der Waals surface area contributed by atoms with Crippen molar-refractivity contribution in [2.45, 2.75) is 327 Å². The summed E-state index contributed by atoms with van der Waals surface area (Å²) in [5.41, 5.74) is 0. The van der Waals surface area contributed by atoms with Crippen LogP contribution in [0.15, 0.2) is 60.8 Å². The molecule has 0 radical (unpaired) electrons. The number of rotatable bonds is 55. The van der Waals surface area contributed by atoms with Gasteiger partial charge in [0.1, 0.15) is 18.8 Å². The number of allylic oxidation sites excluding steroid dienone is 9. The molecule has 1 saturated heterocycles. The lowest BCUT2D eigenvalue weighted by Gasteiger charge is -2.40. The summed E-state index contributed by atoms with van der Waals surface area (Å²) < 4.78 is 28.4. The molecule has 0 aromatic rings. The molecule has 456 valence electrons. The highest BCUT2D eigenvalue weighted by atomic mass is 16.7. The lowest BCUT2D eigenvalue weighted by atomic mass is 9.98. The van der Waals surface area contributed by atoms with Crippen molar-refractivity contribution in [2.24, 2.45) is 0 Å². The summed E-state index contributed by atoms with van der Waals surface area (Å²) in [6.45, 7) is 5.84. The molecule has 0 spiro atoms. The number of carboxylic acids is 1. The zero-order valence-corrected chi connectivity index (χ0v) is 50.4. The van der Waals surface area contributed by atoms with E-state index in [9.17, 15) is 34.5 Å². The highest BCUT2D eigenvalue weighted by Crippen LogP contribution is 2.27. The van der Waals surface area contributed by atoms with Crippen LogP contribution in [0, 0.1) is 0 Å². The van der Waals surface area contributed by atoms with Gasteiger partial charge >= 0.3 is 23.9 Å². The van der Waals surface area contributed by atoms with E-state index in [1.54, 1.807) is 6.08 Å². The number of unbranched alkanes of at least 4 members (excludes halogenated alkanes) is 32. The summed E-state index contributed by atoms with van der Waals surface area (Å²) in [6.07, 6.45) is 56.5. The van der Waals surface area contributed by atoms with Crippen LogP contribution in [-0.2, 0) is 42.9 Å². The molecule has 12 heteroatoms. The van der Waals surface area contributed by atoms with Crippen molar-refractivity contribution in [3.63, 3.8) is 0 Å². The van der Waals surface area contributed by atoms with Crippen molar-refractivity contribution in [1.29, 1.82) is 0 Å². The largest absolute Gasteiger partial charge is 0.479 e. The molecule has 0 saturated carbocycles. The Bertz CT molecular complexity index is 1600. The minimum absolute atomic E-state index is 0.0537. The molecule has 0 aromatic heterocycles. The summed E-state index contributed by atoms with van der Waals surface area (Å²) in [5.74, 6) is -3.26. The fourth-order valence-corrected chi connectivity index (χ4v) is 9.74. The van der Waals surface area contributed by atoms with Crippen LogP contribution in [0.3, 0.4) is 0 Å². The Hall–Kier alpha value is -3.58. The lowest BCUT2D eigenvalue weighted by Crippen LogP contribution is -2.61. The standard InChI is InChI=1S/C67H116O12/c1-4-7-10-13-16-19-22-25-28-29-30-31-34-35-38-41-44-47-50-53-59(68)75-56-58(77-60(69)54-51-48-45-42-39-36-32-26-23-20-17-14-11-8-5-2)57-76-67-65(63(72)62(71)64(79-67)66(73)74)78-61(70)55-52-49-46-43-40-37-33-27-24-21-18-15-12-9-6-3/h8,11,17,20,26,32,39,42,48,51,58,62-65,67,71-72H,4-7,9-10,12-16,18-19,21-25,27-31,33-38,40-41,43-47,49-50,52-57H2,1-3H3,(H,73,74)/b11-8-,20-17-,32-26-,42-39-,51-48-. The van der Waals surface area contributed by atoms with E-state index in [0.717, 1.165) is 70.6 Å². The number of carbonyl (C=O) groups excluding carboxylic acids is 3. The van der Waals surface area contributed by atoms with Crippen molar-refractivity contribution >= 4 is 23.9 Å². The Kier molecular flexibility index (Phi) is 51.1. The molecule has 1 fully saturated rings. The maximum absolute atomic E-state index is 13.1. The highest BCUT2D eigenvalue weighted by molar-refractivity contribution is 5.74. The monoisotopic (exact) mass is 1110 g/mol. The number of esters is 3. The van der Waals surface area contributed by atoms with Gasteiger partial charge in [-0.3, -0.25) is 14.4 Å². The van der Waals surface area contributed by atoms with Crippen LogP contribution < -0.4 is 0 Å². The van der Waals surface area contributed by atoms with Gasteiger partial charge in [-0.15, -0.1) is 0 Å². The van der Waals surface area contributed by atoms with E-state index in [-0.39, 0.29) is 25.9 Å². The molecular weight excluding hydrogens is 997 g/mol. The fraction of sp³-hybridized carbons (Fsp3) is 0.791. The number of aliphatic carboxylic acids is 1. The molecule has 0 amide bonds. The van der Waals surface area contributed by atoms with Gasteiger partial charge < -0.3 is 39.0 Å². The van der Waals surface area contributed by atoms with Crippen molar-refractivity contribution < 1.29 is 58.2 Å². The second-order valence-corrected chi connectivity index (χ2v) is 22.1.